The Balaban J connectivity index is 1.19. The van der Waals surface area contributed by atoms with E-state index in [1.165, 1.54) is 51.5 Å². The third kappa shape index (κ3) is 28.6. The molecule has 44 nitrogen and oxygen atoms in total. The second-order valence-corrected chi connectivity index (χ2v) is 33.6. The predicted octanol–water partition coefficient (Wildman–Crippen LogP) is -3.92. The number of aliphatic hydroxyl groups excluding tert-OH is 2. The highest BCUT2D eigenvalue weighted by Gasteiger charge is 2.47. The van der Waals surface area contributed by atoms with Crippen LogP contribution in [-0.4, -0.2) is 334 Å². The van der Waals surface area contributed by atoms with Gasteiger partial charge in [-0.25, -0.2) is 0 Å². The molecule has 45 heteroatoms. The summed E-state index contributed by atoms with van der Waals surface area (Å²) >= 11 is 0.680. The summed E-state index contributed by atoms with van der Waals surface area (Å²) in [5, 5.41) is 88.7. The molecule has 15 atom stereocenters. The molecular weight excluding hydrogens is 1730 g/mol. The summed E-state index contributed by atoms with van der Waals surface area (Å²) in [6, 6.07) is -4.71. The van der Waals surface area contributed by atoms with Gasteiger partial charge < -0.3 is 130 Å². The second-order valence-electron chi connectivity index (χ2n) is 32.6. The highest BCUT2D eigenvalue weighted by molar-refractivity contribution is 8.00. The van der Waals surface area contributed by atoms with E-state index in [9.17, 15) is 88.2 Å². The highest BCUT2D eigenvalue weighted by Crippen LogP contribution is 2.28. The molecule has 0 aliphatic carbocycles. The molecule has 22 N–H and O–H groups in total. The number of unbranched alkanes of at least 4 members (excludes halogenated alkanes) is 2. The number of nitrogens with two attached hydrogens (primary N) is 2. The molecule has 3 aromatic carbocycles. The number of carbonyl (C=O) groups is 19. The van der Waals surface area contributed by atoms with Crippen LogP contribution < -0.4 is 64.6 Å². The molecule has 3 fully saturated rings. The number of hydrogen-bond acceptors (Lipinski definition) is 24. The smallest absolute Gasteiger partial charge is 0.305 e. The van der Waals surface area contributed by atoms with Gasteiger partial charge >= 0.3 is 17.9 Å². The lowest BCUT2D eigenvalue weighted by Gasteiger charge is -2.36. The Morgan fingerprint density at radius 1 is 0.511 bits per heavy atom. The first-order valence-electron chi connectivity index (χ1n) is 43.1. The molecule has 0 radical (unpaired) electrons. The van der Waals surface area contributed by atoms with Gasteiger partial charge in [0, 0.05) is 119 Å². The molecule has 16 amide bonds. The number of H-pyrrole nitrogens is 2. The lowest BCUT2D eigenvalue weighted by atomic mass is 10.00. The maximum absolute atomic E-state index is 15.6. The van der Waals surface area contributed by atoms with Crippen LogP contribution in [0.1, 0.15) is 127 Å². The van der Waals surface area contributed by atoms with Crippen molar-refractivity contribution < 1.29 is 122 Å². The third-order valence-electron chi connectivity index (χ3n) is 23.2. The summed E-state index contributed by atoms with van der Waals surface area (Å²) in [6.07, 6.45) is -2.72. The van der Waals surface area contributed by atoms with Gasteiger partial charge in [0.2, 0.25) is 94.5 Å². The van der Waals surface area contributed by atoms with Crippen molar-refractivity contribution in [1.82, 2.24) is 87.6 Å². The number of aliphatic carboxylic acids is 3. The number of phenols is 1. The topological polar surface area (TPSA) is 666 Å². The number of nitrogens with zero attached hydrogens (tertiary/aromatic N) is 5. The number of aliphatic hydroxyl groups is 2. The summed E-state index contributed by atoms with van der Waals surface area (Å²) < 4.78 is 0. The van der Waals surface area contributed by atoms with Crippen LogP contribution in [0.5, 0.6) is 5.75 Å². The first-order chi connectivity index (χ1) is 62.3. The van der Waals surface area contributed by atoms with Crippen LogP contribution >= 0.6 is 11.8 Å². The largest absolute Gasteiger partial charge is 0.508 e. The Morgan fingerprint density at radius 2 is 1.01 bits per heavy atom. The fraction of sp³-hybridized carbons (Fsp3) is 0.523. The number of hydrogen-bond donors (Lipinski definition) is 20. The van der Waals surface area contributed by atoms with Crippen molar-refractivity contribution in [2.24, 2.45) is 11.5 Å². The van der Waals surface area contributed by atoms with Gasteiger partial charge in [0.15, 0.2) is 0 Å². The molecule has 5 heterocycles. The summed E-state index contributed by atoms with van der Waals surface area (Å²) in [5.74, 6) is -22.9. The molecule has 712 valence electrons. The van der Waals surface area contributed by atoms with E-state index in [0.29, 0.717) is 63.1 Å². The monoisotopic (exact) mass is 1850 g/mol. The second kappa shape index (κ2) is 48.9. The van der Waals surface area contributed by atoms with E-state index in [1.807, 2.05) is 0 Å². The lowest BCUT2D eigenvalue weighted by Crippen LogP contribution is -2.62. The van der Waals surface area contributed by atoms with Crippen molar-refractivity contribution >= 4 is 146 Å². The Labute approximate surface area is 757 Å². The minimum atomic E-state index is -1.96. The number of aromatic nitrogens is 2. The third-order valence-corrected chi connectivity index (χ3v) is 24.2. The zero-order valence-electron chi connectivity index (χ0n) is 73.5. The number of thioether (sulfide) groups is 1. The molecule has 2 aromatic heterocycles. The summed E-state index contributed by atoms with van der Waals surface area (Å²) in [6.45, 7) is 1.25. The van der Waals surface area contributed by atoms with Gasteiger partial charge in [0.05, 0.1) is 31.4 Å². The van der Waals surface area contributed by atoms with Gasteiger partial charge in [-0.05, 0) is 86.4 Å². The number of para-hydroxylation sites is 2. The van der Waals surface area contributed by atoms with Gasteiger partial charge in [-0.15, -0.1) is 11.8 Å². The Hall–Kier alpha value is -13.3. The number of phenolic OH excluding ortho intramolecular Hbond substituents is 1. The van der Waals surface area contributed by atoms with Gasteiger partial charge in [-0.2, -0.15) is 0 Å². The minimum Gasteiger partial charge on any atom is -0.508 e. The molecule has 0 spiro atoms. The van der Waals surface area contributed by atoms with Crippen molar-refractivity contribution in [2.45, 2.75) is 221 Å². The van der Waals surface area contributed by atoms with Gasteiger partial charge in [-0.1, -0.05) is 88.1 Å². The average molecular weight is 1850 g/mol. The van der Waals surface area contributed by atoms with Gasteiger partial charge in [0.25, 0.3) is 0 Å². The highest BCUT2D eigenvalue weighted by atomic mass is 32.2. The van der Waals surface area contributed by atoms with Crippen molar-refractivity contribution in [2.75, 3.05) is 65.4 Å². The number of carboxylic acids is 3. The van der Waals surface area contributed by atoms with Crippen LogP contribution in [0, 0.1) is 0 Å². The molecular formula is C86H117N19O25S. The van der Waals surface area contributed by atoms with Crippen LogP contribution in [0.3, 0.4) is 0 Å². The van der Waals surface area contributed by atoms with Crippen LogP contribution in [0.25, 0.3) is 21.8 Å². The number of amides is 16. The predicted molar refractivity (Wildman–Crippen MR) is 470 cm³/mol. The number of fused-ring (bicyclic) bond motifs is 4. The molecule has 0 saturated carbocycles. The Bertz CT molecular complexity index is 4990. The number of carboxylic acid groups (broad SMARTS) is 3. The molecule has 3 aliphatic heterocycles. The Morgan fingerprint density at radius 3 is 1.60 bits per heavy atom. The van der Waals surface area contributed by atoms with E-state index in [0.717, 1.165) is 31.5 Å². The maximum Gasteiger partial charge on any atom is 0.305 e. The van der Waals surface area contributed by atoms with Crippen molar-refractivity contribution in [3.63, 3.8) is 0 Å². The van der Waals surface area contributed by atoms with Crippen LogP contribution in [-0.2, 0) is 110 Å². The van der Waals surface area contributed by atoms with E-state index in [1.54, 1.807) is 68.6 Å². The standard InChI is InChI=1S/C86H117N19O25S/c1-7-9-20-64-79(123)93-55(27-29-70(111)112)75(119)100-63(74(118)91-40-68(88)109)43-131-44-69(110)92-58(32-46-23-25-49(107)26-24-46)82(126)101(4)45(3)73(117)96-60(36-72(115)116)85(129)104-31-15-22-65(104)80(124)98-61(37-87)77(121)94-56(28-30-71(113)114)84(128)105-41-50(108)35-67(105)81(125)95-57(33-47-38-89-53-18-13-11-16-51(47)53)76(120)99-62(42-106)78(122)97-59(34-48-39-90-54-19-14-12-17-52(48)54)83(127)103(6)66(21-10-8-2)86(130)102(64)5/h11-14,16-19,23-26,38-39,45,50,55-67,89-90,106-108H,7-10,15,20-22,27-37,40-44,87H2,1-6H3,(H2,88,109)(H,91,118)(H,92,110)(H,93,123)(H,94,121)(H,95,125)(H,96,117)(H,97,122)(H,98,124)(H,99,120)(H,100,119)(H,111,112)(H,113,114)(H,115,116)/t45-,50+,55-,56-,57-,58?,59-,60-,61-,62-,63-,64-,65-,66-,67-/m0/s1. The van der Waals surface area contributed by atoms with Crippen LogP contribution in [0.2, 0.25) is 0 Å². The number of primary amides is 1. The van der Waals surface area contributed by atoms with Crippen molar-refractivity contribution in [3.05, 3.63) is 102 Å². The Kier molecular flexibility index (Phi) is 38.5. The quantitative estimate of drug-likeness (QED) is 0.0265. The molecule has 5 aromatic rings. The summed E-state index contributed by atoms with van der Waals surface area (Å²) in [5.41, 5.74) is 13.9. The summed E-state index contributed by atoms with van der Waals surface area (Å²) in [7, 11) is 3.69. The molecule has 131 heavy (non-hydrogen) atoms. The molecule has 1 unspecified atom stereocenters. The first-order valence-corrected chi connectivity index (χ1v) is 44.2. The lowest BCUT2D eigenvalue weighted by molar-refractivity contribution is -0.149. The van der Waals surface area contributed by atoms with E-state index < -0.39 is 279 Å². The van der Waals surface area contributed by atoms with Gasteiger partial charge in [0.1, 0.15) is 90.3 Å². The summed E-state index contributed by atoms with van der Waals surface area (Å²) in [4.78, 5) is 282. The van der Waals surface area contributed by atoms with E-state index in [2.05, 4.69) is 63.1 Å². The maximum atomic E-state index is 15.6. The van der Waals surface area contributed by atoms with Crippen molar-refractivity contribution in [1.29, 1.82) is 0 Å². The number of aromatic amines is 2. The SMILES string of the molecule is CCCC[C@H]1C(=O)N(C)[C@@H](CCCC)C(=O)N[C@@H](CCC(=O)O)C(=O)N[C@H](C(=O)NCC(N)=O)CSCC(=O)NC(Cc2ccc(O)cc2)C(=O)N(C)[C@@H](C)C(=O)N[C@@H](CC(=O)O)C(=O)N2CCC[C@H]2C(=O)N[C@@H](CN)C(=O)N[C@@H](CCC(=O)O)C(=O)N2C[C@H](O)C[C@H]2C(=O)N[C@@H](Cc2c[nH]c3ccccc23)C(=O)N[C@@H](CO)C(=O)N[C@@H](Cc2c[nH]c3ccccc23)C(=O)N1C. The van der Waals surface area contributed by atoms with E-state index in [4.69, 9.17) is 11.5 Å². The number of carbonyl (C=O) groups excluding carboxylic acids is 16. The number of nitrogens with one attached hydrogen (secondary N) is 12. The van der Waals surface area contributed by atoms with Gasteiger partial charge in [-0.3, -0.25) is 91.1 Å². The molecule has 3 aliphatic rings. The van der Waals surface area contributed by atoms with Crippen LogP contribution in [0.4, 0.5) is 0 Å². The number of rotatable bonds is 25. The van der Waals surface area contributed by atoms with Crippen LogP contribution in [0.15, 0.2) is 85.2 Å². The minimum absolute atomic E-state index is 0.0680. The fourth-order valence-electron chi connectivity index (χ4n) is 15.7. The number of benzene rings is 3. The molecule has 8 rings (SSSR count). The molecule has 3 saturated heterocycles. The average Bonchev–Trinajstić information content (AvgIpc) is 1.80. The van der Waals surface area contributed by atoms with Crippen molar-refractivity contribution in [3.8, 4) is 5.75 Å². The zero-order chi connectivity index (χ0) is 96.2. The number of likely N-dealkylation sites (N-methyl/N-ethyl adjacent to an activating group) is 3. The van der Waals surface area contributed by atoms with E-state index in [-0.39, 0.29) is 70.1 Å². The zero-order valence-corrected chi connectivity index (χ0v) is 74.3. The first kappa shape index (κ1) is 103. The fourth-order valence-corrected chi connectivity index (χ4v) is 16.6. The molecule has 0 bridgehead atoms. The normalized spacial score (nSPS) is 25.1. The van der Waals surface area contributed by atoms with E-state index >= 15 is 33.6 Å². The number of aromatic hydroxyl groups is 1.